The smallest absolute Gasteiger partial charge is 0.302 e. The van der Waals surface area contributed by atoms with E-state index in [1.165, 1.54) is 32.1 Å². The molecule has 0 aromatic carbocycles. The summed E-state index contributed by atoms with van der Waals surface area (Å²) in [5, 5.41) is 0. The third-order valence-corrected chi connectivity index (χ3v) is 11.7. The number of ether oxygens (including phenoxy) is 3. The molecule has 2 aliphatic heterocycles. The summed E-state index contributed by atoms with van der Waals surface area (Å²) in [6, 6.07) is 0. The van der Waals surface area contributed by atoms with Crippen molar-refractivity contribution < 1.29 is 19.0 Å². The zero-order valence-corrected chi connectivity index (χ0v) is 21.4. The Morgan fingerprint density at radius 1 is 1.09 bits per heavy atom. The number of allylic oxidation sites excluding steroid dienone is 1. The third-order valence-electron chi connectivity index (χ3n) is 11.7. The number of rotatable bonds is 1. The van der Waals surface area contributed by atoms with Crippen molar-refractivity contribution in [3.8, 4) is 0 Å². The van der Waals surface area contributed by atoms with Crippen molar-refractivity contribution in [2.75, 3.05) is 6.61 Å². The number of carbonyl (C=O) groups is 1. The number of carbonyl (C=O) groups excluding carboxylic acids is 1. The van der Waals surface area contributed by atoms with E-state index in [0.717, 1.165) is 50.0 Å². The molecule has 0 N–H and O–H groups in total. The second kappa shape index (κ2) is 7.56. The first kappa shape index (κ1) is 22.6. The van der Waals surface area contributed by atoms with Gasteiger partial charge in [0.05, 0.1) is 12.7 Å². The van der Waals surface area contributed by atoms with E-state index in [1.54, 1.807) is 12.5 Å². The van der Waals surface area contributed by atoms with Crippen molar-refractivity contribution in [2.24, 2.45) is 46.3 Å². The number of fused-ring (bicyclic) bond motifs is 7. The number of hydrogen-bond acceptors (Lipinski definition) is 4. The topological polar surface area (TPSA) is 44.8 Å². The lowest BCUT2D eigenvalue weighted by molar-refractivity contribution is -0.272. The number of esters is 1. The molecule has 0 radical (unpaired) electrons. The first-order chi connectivity index (χ1) is 15.7. The summed E-state index contributed by atoms with van der Waals surface area (Å²) in [6.45, 7) is 12.3. The van der Waals surface area contributed by atoms with Crippen LogP contribution in [0, 0.1) is 46.3 Å². The van der Waals surface area contributed by atoms with Crippen LogP contribution in [0.2, 0.25) is 0 Å². The van der Waals surface area contributed by atoms with Gasteiger partial charge in [0, 0.05) is 25.7 Å². The van der Waals surface area contributed by atoms with E-state index in [2.05, 4.69) is 33.8 Å². The second-order valence-electron chi connectivity index (χ2n) is 13.3. The normalized spacial score (nSPS) is 55.2. The quantitative estimate of drug-likeness (QED) is 0.344. The van der Waals surface area contributed by atoms with Gasteiger partial charge in [-0.15, -0.1) is 0 Å². The molecule has 11 atom stereocenters. The van der Waals surface area contributed by atoms with Crippen LogP contribution in [0.4, 0.5) is 0 Å². The highest BCUT2D eigenvalue weighted by atomic mass is 16.7. The van der Waals surface area contributed by atoms with Gasteiger partial charge in [0.15, 0.2) is 5.79 Å². The first-order valence-corrected chi connectivity index (χ1v) is 13.8. The molecule has 0 aromatic rings. The SMILES string of the molecule is CC(=O)O[C@H]1CC[C@@]2(C)C(=CC[C@@H]3C2CC[C@@]2(C)C3C[C@@H]3O[C@]4(CC[C@@H](C)CO4)[C@@H](C)[C@@H]32)C1. The highest BCUT2D eigenvalue weighted by Gasteiger charge is 2.68. The molecule has 5 fully saturated rings. The van der Waals surface area contributed by atoms with Crippen molar-refractivity contribution in [3.63, 3.8) is 0 Å². The fourth-order valence-corrected chi connectivity index (χ4v) is 9.98. The van der Waals surface area contributed by atoms with Gasteiger partial charge in [-0.3, -0.25) is 4.79 Å². The van der Waals surface area contributed by atoms with E-state index >= 15 is 0 Å². The molecular weight excluding hydrogens is 412 g/mol. The molecule has 1 spiro atoms. The van der Waals surface area contributed by atoms with Crippen LogP contribution < -0.4 is 0 Å². The lowest BCUT2D eigenvalue weighted by Crippen LogP contribution is -2.52. The van der Waals surface area contributed by atoms with Gasteiger partial charge in [-0.2, -0.15) is 0 Å². The van der Waals surface area contributed by atoms with E-state index in [1.807, 2.05) is 0 Å². The van der Waals surface area contributed by atoms with Gasteiger partial charge in [0.1, 0.15) is 6.10 Å². The van der Waals surface area contributed by atoms with E-state index in [-0.39, 0.29) is 23.3 Å². The summed E-state index contributed by atoms with van der Waals surface area (Å²) in [5.41, 5.74) is 2.24. The summed E-state index contributed by atoms with van der Waals surface area (Å²) in [6.07, 6.45) is 13.6. The summed E-state index contributed by atoms with van der Waals surface area (Å²) in [7, 11) is 0. The molecule has 2 unspecified atom stereocenters. The molecule has 4 aliphatic carbocycles. The van der Waals surface area contributed by atoms with Gasteiger partial charge in [0.25, 0.3) is 0 Å². The predicted octanol–water partition coefficient (Wildman–Crippen LogP) is 6.28. The Labute approximate surface area is 200 Å². The lowest BCUT2D eigenvalue weighted by atomic mass is 9.47. The fourth-order valence-electron chi connectivity index (χ4n) is 9.98. The van der Waals surface area contributed by atoms with Gasteiger partial charge in [-0.1, -0.05) is 39.3 Å². The van der Waals surface area contributed by atoms with Crippen LogP contribution >= 0.6 is 0 Å². The standard InChI is InChI=1S/C29H44O4/c1-17-8-13-29(31-16-17)18(2)26-25(33-29)15-24-22-7-6-20-14-21(32-19(3)30)9-11-27(20,4)23(22)10-12-28(24,26)5/h6,17-18,21-26H,7-16H2,1-5H3/t17-,18+,21+,22-,23?,24?,25+,26+,27+,28+,29-/m1/s1. The van der Waals surface area contributed by atoms with Crippen LogP contribution in [0.3, 0.4) is 0 Å². The molecule has 33 heavy (non-hydrogen) atoms. The zero-order chi connectivity index (χ0) is 23.2. The van der Waals surface area contributed by atoms with Crippen molar-refractivity contribution in [3.05, 3.63) is 11.6 Å². The Kier molecular flexibility index (Phi) is 5.18. The van der Waals surface area contributed by atoms with Crippen molar-refractivity contribution in [1.29, 1.82) is 0 Å². The minimum Gasteiger partial charge on any atom is -0.462 e. The van der Waals surface area contributed by atoms with Gasteiger partial charge in [-0.25, -0.2) is 0 Å². The van der Waals surface area contributed by atoms with Crippen molar-refractivity contribution in [2.45, 2.75) is 110 Å². The molecule has 0 aromatic heterocycles. The van der Waals surface area contributed by atoms with Crippen LogP contribution in [0.25, 0.3) is 0 Å². The maximum absolute atomic E-state index is 11.5. The highest BCUT2D eigenvalue weighted by Crippen LogP contribution is 2.70. The fraction of sp³-hybridized carbons (Fsp3) is 0.897. The Hall–Kier alpha value is -0.870. The molecule has 6 rings (SSSR count). The summed E-state index contributed by atoms with van der Waals surface area (Å²) in [5.74, 6) is 3.64. The highest BCUT2D eigenvalue weighted by molar-refractivity contribution is 5.66. The molecule has 0 bridgehead atoms. The average Bonchev–Trinajstić information content (AvgIpc) is 3.21. The Morgan fingerprint density at radius 3 is 2.64 bits per heavy atom. The first-order valence-electron chi connectivity index (χ1n) is 13.8. The Balaban J connectivity index is 1.24. The third kappa shape index (κ3) is 3.18. The average molecular weight is 457 g/mol. The monoisotopic (exact) mass is 456 g/mol. The maximum Gasteiger partial charge on any atom is 0.302 e. The molecule has 4 heteroatoms. The molecule has 3 saturated carbocycles. The molecule has 2 saturated heterocycles. The van der Waals surface area contributed by atoms with Crippen molar-refractivity contribution >= 4 is 5.97 Å². The van der Waals surface area contributed by atoms with Gasteiger partial charge in [-0.05, 0) is 85.4 Å². The largest absolute Gasteiger partial charge is 0.462 e. The van der Waals surface area contributed by atoms with E-state index < -0.39 is 0 Å². The summed E-state index contributed by atoms with van der Waals surface area (Å²) < 4.78 is 19.0. The van der Waals surface area contributed by atoms with E-state index in [9.17, 15) is 4.79 Å². The molecule has 0 amide bonds. The minimum atomic E-state index is -0.312. The molecular formula is C29H44O4. The minimum absolute atomic E-state index is 0.0849. The maximum atomic E-state index is 11.5. The lowest BCUT2D eigenvalue weighted by Gasteiger charge is -2.58. The van der Waals surface area contributed by atoms with Crippen LogP contribution in [-0.4, -0.2) is 30.6 Å². The van der Waals surface area contributed by atoms with E-state index in [0.29, 0.717) is 29.3 Å². The van der Waals surface area contributed by atoms with Crippen LogP contribution in [0.1, 0.15) is 92.4 Å². The van der Waals surface area contributed by atoms with Gasteiger partial charge < -0.3 is 14.2 Å². The Morgan fingerprint density at radius 2 is 1.91 bits per heavy atom. The zero-order valence-electron chi connectivity index (χ0n) is 21.4. The second-order valence-corrected chi connectivity index (χ2v) is 13.3. The molecule has 184 valence electrons. The molecule has 2 heterocycles. The summed E-state index contributed by atoms with van der Waals surface area (Å²) >= 11 is 0. The van der Waals surface area contributed by atoms with Gasteiger partial charge in [0.2, 0.25) is 0 Å². The van der Waals surface area contributed by atoms with Crippen LogP contribution in [0.5, 0.6) is 0 Å². The van der Waals surface area contributed by atoms with Gasteiger partial charge >= 0.3 is 5.97 Å². The molecule has 6 aliphatic rings. The summed E-state index contributed by atoms with van der Waals surface area (Å²) in [4.78, 5) is 11.5. The van der Waals surface area contributed by atoms with Crippen LogP contribution in [0.15, 0.2) is 11.6 Å². The van der Waals surface area contributed by atoms with Crippen LogP contribution in [-0.2, 0) is 19.0 Å². The van der Waals surface area contributed by atoms with Crippen molar-refractivity contribution in [1.82, 2.24) is 0 Å². The Bertz CT molecular complexity index is 841. The molecule has 4 nitrogen and oxygen atoms in total. The predicted molar refractivity (Wildman–Crippen MR) is 127 cm³/mol. The number of hydrogen-bond donors (Lipinski definition) is 0. The van der Waals surface area contributed by atoms with E-state index in [4.69, 9.17) is 14.2 Å².